The van der Waals surface area contributed by atoms with E-state index in [1.54, 1.807) is 0 Å². The molecule has 0 heteroatoms. The van der Waals surface area contributed by atoms with Crippen LogP contribution in [-0.2, 0) is 0 Å². The van der Waals surface area contributed by atoms with E-state index in [0.29, 0.717) is 10.8 Å². The lowest BCUT2D eigenvalue weighted by Gasteiger charge is -2.15. The lowest BCUT2D eigenvalue weighted by Crippen LogP contribution is -2.08. The normalized spacial score (nSPS) is 41.9. The van der Waals surface area contributed by atoms with E-state index in [1.807, 2.05) is 0 Å². The van der Waals surface area contributed by atoms with Gasteiger partial charge in [-0.05, 0) is 28.7 Å². The summed E-state index contributed by atoms with van der Waals surface area (Å²) in [5.74, 6) is 0. The summed E-state index contributed by atoms with van der Waals surface area (Å²) in [5.41, 5.74) is 6.66. The van der Waals surface area contributed by atoms with Gasteiger partial charge >= 0.3 is 0 Å². The van der Waals surface area contributed by atoms with Crippen molar-refractivity contribution >= 4 is 0 Å². The summed E-state index contributed by atoms with van der Waals surface area (Å²) in [5, 5.41) is 0. The third-order valence-corrected chi connectivity index (χ3v) is 5.05. The Hall–Kier alpha value is -1.82. The van der Waals surface area contributed by atoms with Crippen molar-refractivity contribution < 1.29 is 0 Å². The zero-order chi connectivity index (χ0) is 11.1. The van der Waals surface area contributed by atoms with Crippen LogP contribution in [0.4, 0.5) is 0 Å². The van der Waals surface area contributed by atoms with Gasteiger partial charge in [-0.15, -0.1) is 0 Å². The van der Waals surface area contributed by atoms with E-state index >= 15 is 0 Å². The van der Waals surface area contributed by atoms with E-state index in [9.17, 15) is 0 Å². The molecule has 2 spiro atoms. The monoisotopic (exact) mass is 216 g/mol. The number of hydrogen-bond acceptors (Lipinski definition) is 0. The minimum atomic E-state index is 0.306. The number of hydrogen-bond donors (Lipinski definition) is 0. The summed E-state index contributed by atoms with van der Waals surface area (Å²) in [4.78, 5) is 0. The second-order valence-corrected chi connectivity index (χ2v) is 5.53. The molecule has 0 unspecified atom stereocenters. The first kappa shape index (κ1) is 8.30. The second kappa shape index (κ2) is 2.24. The van der Waals surface area contributed by atoms with Crippen LogP contribution >= 0.6 is 0 Å². The van der Waals surface area contributed by atoms with Crippen molar-refractivity contribution in [1.82, 2.24) is 0 Å². The maximum Gasteiger partial charge on any atom is 0.0352 e. The van der Waals surface area contributed by atoms with Crippen molar-refractivity contribution in [1.29, 1.82) is 0 Å². The van der Waals surface area contributed by atoms with Gasteiger partial charge in [-0.1, -0.05) is 60.8 Å². The van der Waals surface area contributed by atoms with Gasteiger partial charge in [0.05, 0.1) is 0 Å². The fraction of sp³-hybridized carbons (Fsp3) is 0.176. The quantitative estimate of drug-likeness (QED) is 0.578. The van der Waals surface area contributed by atoms with E-state index in [1.165, 1.54) is 28.7 Å². The smallest absolute Gasteiger partial charge is 0.0352 e. The van der Waals surface area contributed by atoms with E-state index in [4.69, 9.17) is 0 Å². The van der Waals surface area contributed by atoms with Crippen molar-refractivity contribution in [3.05, 3.63) is 83.1 Å². The molecule has 5 rings (SSSR count). The summed E-state index contributed by atoms with van der Waals surface area (Å²) < 4.78 is 0. The predicted molar refractivity (Wildman–Crippen MR) is 69.2 cm³/mol. The Morgan fingerprint density at radius 2 is 1.18 bits per heavy atom. The highest BCUT2D eigenvalue weighted by Gasteiger charge is 2.77. The zero-order valence-electron chi connectivity index (χ0n) is 9.48. The van der Waals surface area contributed by atoms with Crippen LogP contribution in [0.2, 0.25) is 0 Å². The SMILES string of the molecule is C1=CC=C2C=C3C=CC=CC4=CC(=C1)C21CC431. The van der Waals surface area contributed by atoms with Gasteiger partial charge in [-0.2, -0.15) is 0 Å². The summed E-state index contributed by atoms with van der Waals surface area (Å²) >= 11 is 0. The molecule has 0 N–H and O–H groups in total. The molecule has 80 valence electrons. The first-order chi connectivity index (χ1) is 8.38. The molecule has 17 heavy (non-hydrogen) atoms. The molecule has 0 aromatic heterocycles. The summed E-state index contributed by atoms with van der Waals surface area (Å²) in [7, 11) is 0. The Labute approximate surface area is 101 Å². The minimum absolute atomic E-state index is 0.306. The van der Waals surface area contributed by atoms with Gasteiger partial charge in [-0.3, -0.25) is 0 Å². The molecule has 5 aliphatic carbocycles. The molecule has 0 nitrogen and oxygen atoms in total. The van der Waals surface area contributed by atoms with Crippen molar-refractivity contribution in [2.24, 2.45) is 10.8 Å². The van der Waals surface area contributed by atoms with E-state index in [0.717, 1.165) is 0 Å². The highest BCUT2D eigenvalue weighted by Crippen LogP contribution is 2.85. The van der Waals surface area contributed by atoms with Crippen LogP contribution in [0.3, 0.4) is 0 Å². The molecular weight excluding hydrogens is 204 g/mol. The largest absolute Gasteiger partial charge is 0.0620 e. The van der Waals surface area contributed by atoms with Gasteiger partial charge in [0.25, 0.3) is 0 Å². The van der Waals surface area contributed by atoms with Gasteiger partial charge < -0.3 is 0 Å². The Morgan fingerprint density at radius 3 is 1.76 bits per heavy atom. The summed E-state index contributed by atoms with van der Waals surface area (Å²) in [6.45, 7) is 0. The first-order valence-electron chi connectivity index (χ1n) is 6.27. The number of allylic oxidation sites excluding steroid dienone is 14. The fourth-order valence-corrected chi connectivity index (χ4v) is 4.31. The maximum atomic E-state index is 2.41. The average molecular weight is 216 g/mol. The fourth-order valence-electron chi connectivity index (χ4n) is 4.31. The van der Waals surface area contributed by atoms with E-state index in [2.05, 4.69) is 60.8 Å². The molecule has 0 radical (unpaired) electrons. The van der Waals surface area contributed by atoms with Crippen LogP contribution in [0, 0.1) is 10.8 Å². The molecular formula is C17H12. The Morgan fingerprint density at radius 1 is 0.647 bits per heavy atom. The Bertz CT molecular complexity index is 619. The summed E-state index contributed by atoms with van der Waals surface area (Å²) in [6.07, 6.45) is 24.0. The van der Waals surface area contributed by atoms with Crippen LogP contribution < -0.4 is 0 Å². The molecule has 0 atom stereocenters. The molecule has 5 aliphatic rings. The van der Waals surface area contributed by atoms with Crippen molar-refractivity contribution in [2.75, 3.05) is 0 Å². The molecule has 1 saturated carbocycles. The summed E-state index contributed by atoms with van der Waals surface area (Å²) in [6, 6.07) is 0. The van der Waals surface area contributed by atoms with Gasteiger partial charge in [-0.25, -0.2) is 0 Å². The Balaban J connectivity index is 1.94. The topological polar surface area (TPSA) is 0 Å². The molecule has 0 heterocycles. The molecule has 0 bridgehead atoms. The highest BCUT2D eigenvalue weighted by molar-refractivity contribution is 5.77. The minimum Gasteiger partial charge on any atom is -0.0620 e. The molecule has 0 aromatic carbocycles. The molecule has 0 aromatic rings. The van der Waals surface area contributed by atoms with Crippen LogP contribution in [0.5, 0.6) is 0 Å². The first-order valence-corrected chi connectivity index (χ1v) is 6.27. The van der Waals surface area contributed by atoms with Crippen LogP contribution in [0.1, 0.15) is 6.42 Å². The van der Waals surface area contributed by atoms with Crippen molar-refractivity contribution in [3.8, 4) is 0 Å². The molecule has 0 aliphatic heterocycles. The van der Waals surface area contributed by atoms with Crippen molar-refractivity contribution in [3.63, 3.8) is 0 Å². The number of rotatable bonds is 0. The lowest BCUT2D eigenvalue weighted by atomic mass is 9.86. The highest BCUT2D eigenvalue weighted by atomic mass is 14.8. The molecule has 1 fully saturated rings. The van der Waals surface area contributed by atoms with Crippen LogP contribution in [-0.4, -0.2) is 0 Å². The van der Waals surface area contributed by atoms with E-state index < -0.39 is 0 Å². The van der Waals surface area contributed by atoms with Gasteiger partial charge in [0.2, 0.25) is 0 Å². The molecule has 0 saturated heterocycles. The maximum absolute atomic E-state index is 2.41. The van der Waals surface area contributed by atoms with E-state index in [-0.39, 0.29) is 0 Å². The van der Waals surface area contributed by atoms with Crippen LogP contribution in [0.25, 0.3) is 0 Å². The van der Waals surface area contributed by atoms with Gasteiger partial charge in [0.1, 0.15) is 0 Å². The predicted octanol–water partition coefficient (Wildman–Crippen LogP) is 3.79. The van der Waals surface area contributed by atoms with Gasteiger partial charge in [0.15, 0.2) is 0 Å². The third kappa shape index (κ3) is 0.643. The van der Waals surface area contributed by atoms with Gasteiger partial charge in [0, 0.05) is 10.8 Å². The van der Waals surface area contributed by atoms with Crippen LogP contribution in [0.15, 0.2) is 83.1 Å². The molecule has 0 amide bonds. The third-order valence-electron chi connectivity index (χ3n) is 5.05. The standard InChI is InChI=1S/C17H12/c1-2-6-13-10-15-8-4-3-7-14-9-12(5-1)16(13)11-17(14,15)16/h1-10H,11H2. The zero-order valence-corrected chi connectivity index (χ0v) is 9.48. The lowest BCUT2D eigenvalue weighted by molar-refractivity contribution is 0.654. The van der Waals surface area contributed by atoms with Crippen molar-refractivity contribution in [2.45, 2.75) is 6.42 Å². The Kier molecular flexibility index (Phi) is 1.09. The average Bonchev–Trinajstić information content (AvgIpc) is 3.01. The second-order valence-electron chi connectivity index (χ2n) is 5.53.